The second kappa shape index (κ2) is 2.84. The molecule has 1 aliphatic heterocycles. The van der Waals surface area contributed by atoms with E-state index >= 15 is 0 Å². The van der Waals surface area contributed by atoms with Gasteiger partial charge in [-0.05, 0) is 18.8 Å². The van der Waals surface area contributed by atoms with Crippen molar-refractivity contribution in [3.63, 3.8) is 0 Å². The zero-order valence-corrected chi connectivity index (χ0v) is 7.39. The summed E-state index contributed by atoms with van der Waals surface area (Å²) in [5.74, 6) is 0.260. The molecule has 1 heterocycles. The van der Waals surface area contributed by atoms with Gasteiger partial charge < -0.3 is 4.90 Å². The third-order valence-corrected chi connectivity index (χ3v) is 1.84. The Morgan fingerprint density at radius 3 is 2.36 bits per heavy atom. The smallest absolute Gasteiger partial charge is 0.223 e. The third-order valence-electron chi connectivity index (χ3n) is 1.84. The van der Waals surface area contributed by atoms with Crippen LogP contribution in [0.1, 0.15) is 26.7 Å². The van der Waals surface area contributed by atoms with E-state index in [9.17, 15) is 4.79 Å². The molecule has 0 unspecified atom stereocenters. The molecular weight excluding hydrogens is 138 g/mol. The number of carbonyl (C=O) groups excluding carboxylic acids is 1. The van der Waals surface area contributed by atoms with E-state index in [2.05, 4.69) is 6.92 Å². The van der Waals surface area contributed by atoms with Crippen molar-refractivity contribution in [1.29, 1.82) is 0 Å². The van der Waals surface area contributed by atoms with E-state index in [4.69, 9.17) is 0 Å². The highest BCUT2D eigenvalue weighted by molar-refractivity contribution is 5.77. The fourth-order valence-electron chi connectivity index (χ4n) is 1.09. The molecule has 0 N–H and O–H groups in total. The molecule has 1 fully saturated rings. The molecule has 0 bridgehead atoms. The lowest BCUT2D eigenvalue weighted by atomic mass is 9.91. The van der Waals surface area contributed by atoms with Gasteiger partial charge in [-0.2, -0.15) is 0 Å². The van der Waals surface area contributed by atoms with Gasteiger partial charge in [-0.3, -0.25) is 4.79 Å². The predicted octanol–water partition coefficient (Wildman–Crippen LogP) is 1.47. The maximum absolute atomic E-state index is 11.3. The van der Waals surface area contributed by atoms with Gasteiger partial charge in [0.1, 0.15) is 0 Å². The molecule has 1 saturated heterocycles. The maximum Gasteiger partial charge on any atom is 0.223 e. The number of hydrogen-bond donors (Lipinski definition) is 0. The van der Waals surface area contributed by atoms with Crippen LogP contribution in [0.3, 0.4) is 0 Å². The fourth-order valence-corrected chi connectivity index (χ4v) is 1.09. The largest absolute Gasteiger partial charge is 0.343 e. The Hall–Kier alpha value is -0.530. The SMILES string of the molecule is [CH2]C(C)(C)CC(=O)N1CCC1. The highest BCUT2D eigenvalue weighted by Gasteiger charge is 2.24. The van der Waals surface area contributed by atoms with Gasteiger partial charge in [-0.25, -0.2) is 0 Å². The van der Waals surface area contributed by atoms with Crippen molar-refractivity contribution in [3.05, 3.63) is 6.92 Å². The van der Waals surface area contributed by atoms with Crippen molar-refractivity contribution in [2.24, 2.45) is 5.41 Å². The first-order valence-electron chi connectivity index (χ1n) is 4.12. The van der Waals surface area contributed by atoms with Crippen LogP contribution in [0.4, 0.5) is 0 Å². The molecule has 0 aliphatic carbocycles. The van der Waals surface area contributed by atoms with Gasteiger partial charge in [0.2, 0.25) is 5.91 Å². The van der Waals surface area contributed by atoms with E-state index in [1.807, 2.05) is 18.7 Å². The highest BCUT2D eigenvalue weighted by Crippen LogP contribution is 2.21. The maximum atomic E-state index is 11.3. The lowest BCUT2D eigenvalue weighted by molar-refractivity contribution is -0.136. The van der Waals surface area contributed by atoms with Gasteiger partial charge in [0.15, 0.2) is 0 Å². The van der Waals surface area contributed by atoms with E-state index in [0.717, 1.165) is 13.1 Å². The summed E-state index contributed by atoms with van der Waals surface area (Å²) in [6, 6.07) is 0. The van der Waals surface area contributed by atoms with Crippen LogP contribution in [0.5, 0.6) is 0 Å². The normalized spacial score (nSPS) is 17.9. The van der Waals surface area contributed by atoms with Crippen molar-refractivity contribution in [2.75, 3.05) is 13.1 Å². The predicted molar refractivity (Wildman–Crippen MR) is 45.0 cm³/mol. The van der Waals surface area contributed by atoms with Gasteiger partial charge in [-0.15, -0.1) is 0 Å². The van der Waals surface area contributed by atoms with Crippen molar-refractivity contribution >= 4 is 5.91 Å². The molecule has 63 valence electrons. The van der Waals surface area contributed by atoms with E-state index < -0.39 is 0 Å². The molecule has 1 radical (unpaired) electrons. The zero-order chi connectivity index (χ0) is 8.48. The van der Waals surface area contributed by atoms with Crippen molar-refractivity contribution < 1.29 is 4.79 Å². The molecule has 2 nitrogen and oxygen atoms in total. The monoisotopic (exact) mass is 154 g/mol. The first kappa shape index (κ1) is 8.57. The Labute approximate surface area is 68.6 Å². The Bertz CT molecular complexity index is 153. The first-order valence-corrected chi connectivity index (χ1v) is 4.12. The van der Waals surface area contributed by atoms with Gasteiger partial charge in [0.25, 0.3) is 0 Å². The Kier molecular flexibility index (Phi) is 2.21. The number of amides is 1. The molecule has 0 aromatic heterocycles. The van der Waals surface area contributed by atoms with E-state index in [-0.39, 0.29) is 11.3 Å². The Morgan fingerprint density at radius 2 is 2.09 bits per heavy atom. The van der Waals surface area contributed by atoms with Gasteiger partial charge in [-0.1, -0.05) is 13.8 Å². The van der Waals surface area contributed by atoms with Crippen LogP contribution < -0.4 is 0 Å². The van der Waals surface area contributed by atoms with Crippen LogP contribution in [-0.4, -0.2) is 23.9 Å². The van der Waals surface area contributed by atoms with Gasteiger partial charge >= 0.3 is 0 Å². The van der Waals surface area contributed by atoms with Gasteiger partial charge in [0.05, 0.1) is 0 Å². The van der Waals surface area contributed by atoms with Crippen LogP contribution in [0.25, 0.3) is 0 Å². The molecule has 11 heavy (non-hydrogen) atoms. The molecular formula is C9H16NO. The molecule has 0 aromatic carbocycles. The van der Waals surface area contributed by atoms with Crippen molar-refractivity contribution in [2.45, 2.75) is 26.7 Å². The molecule has 1 aliphatic rings. The fraction of sp³-hybridized carbons (Fsp3) is 0.778. The van der Waals surface area contributed by atoms with E-state index in [1.165, 1.54) is 6.42 Å². The Morgan fingerprint density at radius 1 is 1.55 bits per heavy atom. The molecule has 0 aromatic rings. The summed E-state index contributed by atoms with van der Waals surface area (Å²) in [5, 5.41) is 0. The number of likely N-dealkylation sites (tertiary alicyclic amines) is 1. The molecule has 0 saturated carbocycles. The topological polar surface area (TPSA) is 20.3 Å². The summed E-state index contributed by atoms with van der Waals surface area (Å²) in [6.07, 6.45) is 1.75. The number of rotatable bonds is 2. The lowest BCUT2D eigenvalue weighted by Gasteiger charge is -2.33. The summed E-state index contributed by atoms with van der Waals surface area (Å²) in [5.41, 5.74) is -0.104. The summed E-state index contributed by atoms with van der Waals surface area (Å²) in [4.78, 5) is 13.2. The minimum atomic E-state index is -0.104. The summed E-state index contributed by atoms with van der Waals surface area (Å²) >= 11 is 0. The lowest BCUT2D eigenvalue weighted by Crippen LogP contribution is -2.43. The average Bonchev–Trinajstić information content (AvgIpc) is 1.50. The van der Waals surface area contributed by atoms with E-state index in [0.29, 0.717) is 6.42 Å². The number of hydrogen-bond acceptors (Lipinski definition) is 1. The molecule has 0 atom stereocenters. The van der Waals surface area contributed by atoms with Crippen molar-refractivity contribution in [3.8, 4) is 0 Å². The Balaban J connectivity index is 2.31. The average molecular weight is 154 g/mol. The summed E-state index contributed by atoms with van der Waals surface area (Å²) in [7, 11) is 0. The number of carbonyl (C=O) groups is 1. The standard InChI is InChI=1S/C9H16NO/c1-9(2,3)7-8(11)10-5-4-6-10/h1,4-7H2,2-3H3. The van der Waals surface area contributed by atoms with Gasteiger partial charge in [0, 0.05) is 19.5 Å². The van der Waals surface area contributed by atoms with Crippen LogP contribution in [-0.2, 0) is 4.79 Å². The van der Waals surface area contributed by atoms with Crippen LogP contribution in [0.2, 0.25) is 0 Å². The minimum Gasteiger partial charge on any atom is -0.343 e. The highest BCUT2D eigenvalue weighted by atomic mass is 16.2. The molecule has 0 spiro atoms. The number of nitrogens with zero attached hydrogens (tertiary/aromatic N) is 1. The quantitative estimate of drug-likeness (QED) is 0.589. The van der Waals surface area contributed by atoms with Crippen LogP contribution in [0.15, 0.2) is 0 Å². The molecule has 1 amide bonds. The van der Waals surface area contributed by atoms with E-state index in [1.54, 1.807) is 0 Å². The third kappa shape index (κ3) is 2.52. The van der Waals surface area contributed by atoms with Crippen molar-refractivity contribution in [1.82, 2.24) is 4.90 Å². The summed E-state index contributed by atoms with van der Waals surface area (Å²) in [6.45, 7) is 9.79. The zero-order valence-electron chi connectivity index (χ0n) is 7.39. The van der Waals surface area contributed by atoms with Crippen LogP contribution >= 0.6 is 0 Å². The molecule has 1 rings (SSSR count). The summed E-state index contributed by atoms with van der Waals surface area (Å²) < 4.78 is 0. The first-order chi connectivity index (χ1) is 4.99. The van der Waals surface area contributed by atoms with Crippen LogP contribution in [0, 0.1) is 12.3 Å². The second-order valence-corrected chi connectivity index (χ2v) is 4.08. The minimum absolute atomic E-state index is 0.104. The second-order valence-electron chi connectivity index (χ2n) is 4.08. The molecule has 2 heteroatoms.